The van der Waals surface area contributed by atoms with Crippen LogP contribution in [0.4, 0.5) is 5.82 Å². The predicted molar refractivity (Wildman–Crippen MR) is 51.4 cm³/mol. The molecule has 14 heavy (non-hydrogen) atoms. The van der Waals surface area contributed by atoms with Crippen LogP contribution in [0.15, 0.2) is 24.7 Å². The van der Waals surface area contributed by atoms with Crippen molar-refractivity contribution in [2.24, 2.45) is 5.73 Å². The van der Waals surface area contributed by atoms with E-state index in [-0.39, 0.29) is 12.5 Å². The van der Waals surface area contributed by atoms with Gasteiger partial charge in [-0.1, -0.05) is 6.08 Å². The summed E-state index contributed by atoms with van der Waals surface area (Å²) in [5, 5.41) is 0. The van der Waals surface area contributed by atoms with Crippen molar-refractivity contribution in [3.63, 3.8) is 0 Å². The number of carbonyl (C=O) groups excluding carboxylic acids is 1. The van der Waals surface area contributed by atoms with E-state index in [1.807, 2.05) is 12.3 Å². The second-order valence-electron chi connectivity index (χ2n) is 3.01. The number of nitrogens with two attached hydrogens (primary N) is 1. The van der Waals surface area contributed by atoms with E-state index < -0.39 is 0 Å². The van der Waals surface area contributed by atoms with Crippen LogP contribution in [0.2, 0.25) is 0 Å². The maximum atomic E-state index is 10.8. The quantitative estimate of drug-likeness (QED) is 0.703. The lowest BCUT2D eigenvalue weighted by Gasteiger charge is -2.22. The Kier molecular flexibility index (Phi) is 2.14. The van der Waals surface area contributed by atoms with E-state index in [1.165, 1.54) is 0 Å². The highest BCUT2D eigenvalue weighted by Gasteiger charge is 2.15. The van der Waals surface area contributed by atoms with E-state index >= 15 is 0 Å². The summed E-state index contributed by atoms with van der Waals surface area (Å²) in [5.74, 6) is 0.335. The van der Waals surface area contributed by atoms with Gasteiger partial charge in [0.15, 0.2) is 5.82 Å². The summed E-state index contributed by atoms with van der Waals surface area (Å²) >= 11 is 0. The number of aromatic nitrogens is 2. The predicted octanol–water partition coefficient (Wildman–Crippen LogP) is -0.162. The third-order valence-corrected chi connectivity index (χ3v) is 1.95. The van der Waals surface area contributed by atoms with Gasteiger partial charge < -0.3 is 10.6 Å². The molecular weight excluding hydrogens is 180 g/mol. The monoisotopic (exact) mass is 190 g/mol. The van der Waals surface area contributed by atoms with Gasteiger partial charge in [-0.2, -0.15) is 0 Å². The zero-order valence-electron chi connectivity index (χ0n) is 7.55. The lowest BCUT2D eigenvalue weighted by molar-refractivity contribution is -0.116. The van der Waals surface area contributed by atoms with Crippen molar-refractivity contribution in [2.75, 3.05) is 11.4 Å². The fourth-order valence-electron chi connectivity index (χ4n) is 1.40. The van der Waals surface area contributed by atoms with Gasteiger partial charge in [0.25, 0.3) is 0 Å². The molecule has 1 aromatic heterocycles. The van der Waals surface area contributed by atoms with Gasteiger partial charge in [-0.25, -0.2) is 4.98 Å². The number of hydrogen-bond donors (Lipinski definition) is 1. The van der Waals surface area contributed by atoms with Crippen molar-refractivity contribution in [1.82, 2.24) is 9.97 Å². The molecule has 0 fully saturated rings. The van der Waals surface area contributed by atoms with Crippen molar-refractivity contribution in [1.29, 1.82) is 0 Å². The minimum Gasteiger partial charge on any atom is -0.368 e. The number of rotatable bonds is 2. The summed E-state index contributed by atoms with van der Waals surface area (Å²) in [6.07, 6.45) is 7.73. The number of nitrogens with zero attached hydrogens (tertiary/aromatic N) is 3. The molecule has 5 heteroatoms. The van der Waals surface area contributed by atoms with Crippen LogP contribution in [-0.4, -0.2) is 22.4 Å². The standard InChI is InChI=1S/C9H10N4O/c10-8(14)6-13-5-1-2-7-9(13)12-4-3-11-7/h1,3-5H,2,6H2,(H2,10,14). The second kappa shape index (κ2) is 3.45. The molecule has 2 N–H and O–H groups in total. The van der Waals surface area contributed by atoms with Gasteiger partial charge in [0.05, 0.1) is 5.69 Å². The maximum absolute atomic E-state index is 10.8. The van der Waals surface area contributed by atoms with Crippen LogP contribution in [0.3, 0.4) is 0 Å². The van der Waals surface area contributed by atoms with Crippen LogP contribution < -0.4 is 10.6 Å². The summed E-state index contributed by atoms with van der Waals surface area (Å²) in [6, 6.07) is 0. The number of hydrogen-bond acceptors (Lipinski definition) is 4. The van der Waals surface area contributed by atoms with E-state index in [1.54, 1.807) is 17.3 Å². The van der Waals surface area contributed by atoms with Crippen molar-refractivity contribution < 1.29 is 4.79 Å². The molecule has 0 aromatic carbocycles. The molecule has 0 atom stereocenters. The third kappa shape index (κ3) is 1.56. The van der Waals surface area contributed by atoms with Gasteiger partial charge in [0.1, 0.15) is 6.54 Å². The van der Waals surface area contributed by atoms with Crippen LogP contribution in [0.5, 0.6) is 0 Å². The number of amides is 1. The summed E-state index contributed by atoms with van der Waals surface area (Å²) in [5.41, 5.74) is 5.99. The van der Waals surface area contributed by atoms with Crippen LogP contribution >= 0.6 is 0 Å². The van der Waals surface area contributed by atoms with E-state index in [4.69, 9.17) is 5.73 Å². The first-order valence-corrected chi connectivity index (χ1v) is 4.29. The molecule has 2 rings (SSSR count). The maximum Gasteiger partial charge on any atom is 0.237 e. The van der Waals surface area contributed by atoms with Crippen LogP contribution in [-0.2, 0) is 11.2 Å². The first-order valence-electron chi connectivity index (χ1n) is 4.29. The molecule has 0 saturated heterocycles. The molecule has 5 nitrogen and oxygen atoms in total. The summed E-state index contributed by atoms with van der Waals surface area (Å²) < 4.78 is 0. The summed E-state index contributed by atoms with van der Waals surface area (Å²) in [6.45, 7) is 0.141. The van der Waals surface area contributed by atoms with Gasteiger partial charge in [0.2, 0.25) is 5.91 Å². The van der Waals surface area contributed by atoms with E-state index in [9.17, 15) is 4.79 Å². The molecule has 0 radical (unpaired) electrons. The molecule has 0 unspecified atom stereocenters. The van der Waals surface area contributed by atoms with Crippen molar-refractivity contribution in [2.45, 2.75) is 6.42 Å². The number of allylic oxidation sites excluding steroid dienone is 1. The summed E-state index contributed by atoms with van der Waals surface area (Å²) in [7, 11) is 0. The molecule has 1 aliphatic rings. The lowest BCUT2D eigenvalue weighted by Crippen LogP contribution is -2.32. The van der Waals surface area contributed by atoms with Crippen molar-refractivity contribution >= 4 is 11.7 Å². The minimum atomic E-state index is -0.381. The molecule has 0 bridgehead atoms. The fraction of sp³-hybridized carbons (Fsp3) is 0.222. The van der Waals surface area contributed by atoms with Crippen LogP contribution in [0.1, 0.15) is 5.69 Å². The van der Waals surface area contributed by atoms with Gasteiger partial charge in [-0.05, 0) is 0 Å². The number of fused-ring (bicyclic) bond motifs is 1. The second-order valence-corrected chi connectivity index (χ2v) is 3.01. The van der Waals surface area contributed by atoms with E-state index in [0.29, 0.717) is 5.82 Å². The van der Waals surface area contributed by atoms with E-state index in [2.05, 4.69) is 9.97 Å². The molecule has 0 saturated carbocycles. The smallest absolute Gasteiger partial charge is 0.237 e. The first kappa shape index (κ1) is 8.68. The minimum absolute atomic E-state index is 0.141. The number of primary amides is 1. The Bertz CT molecular complexity index is 388. The van der Waals surface area contributed by atoms with Gasteiger partial charge in [-0.3, -0.25) is 9.78 Å². The Morgan fingerprint density at radius 2 is 2.29 bits per heavy atom. The summed E-state index contributed by atoms with van der Waals surface area (Å²) in [4.78, 5) is 20.8. The Labute approximate surface area is 81.3 Å². The zero-order chi connectivity index (χ0) is 9.97. The largest absolute Gasteiger partial charge is 0.368 e. The highest BCUT2D eigenvalue weighted by atomic mass is 16.1. The van der Waals surface area contributed by atoms with Gasteiger partial charge in [-0.15, -0.1) is 0 Å². The fourth-order valence-corrected chi connectivity index (χ4v) is 1.40. The molecule has 1 aliphatic heterocycles. The average Bonchev–Trinajstić information content (AvgIpc) is 2.18. The Morgan fingerprint density at radius 1 is 1.50 bits per heavy atom. The molecule has 0 aliphatic carbocycles. The van der Waals surface area contributed by atoms with Crippen LogP contribution in [0, 0.1) is 0 Å². The molecule has 0 spiro atoms. The number of anilines is 1. The molecule has 1 amide bonds. The van der Waals surface area contributed by atoms with Crippen LogP contribution in [0.25, 0.3) is 0 Å². The highest BCUT2D eigenvalue weighted by Crippen LogP contribution is 2.19. The number of carbonyl (C=O) groups is 1. The van der Waals surface area contributed by atoms with Crippen molar-refractivity contribution in [3.8, 4) is 0 Å². The highest BCUT2D eigenvalue weighted by molar-refractivity contribution is 5.80. The van der Waals surface area contributed by atoms with Gasteiger partial charge >= 0.3 is 0 Å². The topological polar surface area (TPSA) is 72.1 Å². The Morgan fingerprint density at radius 3 is 3.07 bits per heavy atom. The lowest BCUT2D eigenvalue weighted by atomic mass is 10.2. The molecule has 2 heterocycles. The third-order valence-electron chi connectivity index (χ3n) is 1.95. The normalized spacial score (nSPS) is 13.9. The Hall–Kier alpha value is -1.91. The first-order chi connectivity index (χ1) is 6.77. The SMILES string of the molecule is NC(=O)CN1C=CCc2nccnc21. The molecular formula is C9H10N4O. The van der Waals surface area contributed by atoms with E-state index in [0.717, 1.165) is 12.1 Å². The van der Waals surface area contributed by atoms with Crippen molar-refractivity contribution in [3.05, 3.63) is 30.4 Å². The molecule has 1 aromatic rings. The molecule has 72 valence electrons. The average molecular weight is 190 g/mol. The zero-order valence-corrected chi connectivity index (χ0v) is 7.55. The Balaban J connectivity index is 2.31. The van der Waals surface area contributed by atoms with Gasteiger partial charge in [0, 0.05) is 25.0 Å².